The lowest BCUT2D eigenvalue weighted by Gasteiger charge is -2.30. The summed E-state index contributed by atoms with van der Waals surface area (Å²) in [7, 11) is 0. The Hall–Kier alpha value is -1.03. The number of nitrogens with zero attached hydrogens (tertiary/aromatic N) is 3. The van der Waals surface area contributed by atoms with Crippen LogP contribution in [0.1, 0.15) is 19.8 Å². The molecule has 1 aromatic heterocycles. The van der Waals surface area contributed by atoms with Crippen LogP contribution in [0.3, 0.4) is 0 Å². The normalized spacial score (nSPS) is 16.8. The fourth-order valence-corrected chi connectivity index (χ4v) is 3.49. The average Bonchev–Trinajstić information content (AvgIpc) is 3.15. The summed E-state index contributed by atoms with van der Waals surface area (Å²) in [5.74, 6) is -0.453. The Bertz CT molecular complexity index is 504. The van der Waals surface area contributed by atoms with Gasteiger partial charge in [0.15, 0.2) is 4.34 Å². The summed E-state index contributed by atoms with van der Waals surface area (Å²) in [6.45, 7) is 0.469. The smallest absolute Gasteiger partial charge is 0.374 e. The molecule has 1 atom stereocenters. The van der Waals surface area contributed by atoms with Gasteiger partial charge in [0.1, 0.15) is 6.54 Å². The van der Waals surface area contributed by atoms with Crippen LogP contribution in [0, 0.1) is 5.92 Å². The molecule has 5 nitrogen and oxygen atoms in total. The number of alkyl halides is 3. The van der Waals surface area contributed by atoms with Crippen molar-refractivity contribution >= 4 is 34.1 Å². The molecule has 1 aromatic rings. The van der Waals surface area contributed by atoms with Gasteiger partial charge in [-0.05, 0) is 25.7 Å². The Labute approximate surface area is 128 Å². The topological polar surface area (TPSA) is 72.1 Å². The van der Waals surface area contributed by atoms with Gasteiger partial charge in [-0.15, -0.1) is 10.2 Å². The molecule has 1 saturated carbocycles. The number of aromatic nitrogens is 2. The molecule has 0 saturated heterocycles. The minimum atomic E-state index is -4.39. The molecule has 0 bridgehead atoms. The highest BCUT2D eigenvalue weighted by Crippen LogP contribution is 2.36. The van der Waals surface area contributed by atoms with Gasteiger partial charge < -0.3 is 10.6 Å². The number of carbonyl (C=O) groups excluding carboxylic acids is 1. The maximum absolute atomic E-state index is 12.6. The molecule has 0 unspecified atom stereocenters. The number of hydrogen-bond donors (Lipinski definition) is 1. The van der Waals surface area contributed by atoms with E-state index < -0.39 is 18.6 Å². The van der Waals surface area contributed by atoms with Crippen LogP contribution in [-0.2, 0) is 4.79 Å². The summed E-state index contributed by atoms with van der Waals surface area (Å²) in [5.41, 5.74) is 5.41. The minimum absolute atomic E-state index is 0.0955. The third-order valence-corrected chi connectivity index (χ3v) is 5.08. The van der Waals surface area contributed by atoms with Crippen LogP contribution < -0.4 is 5.73 Å². The van der Waals surface area contributed by atoms with Crippen molar-refractivity contribution in [3.05, 3.63) is 0 Å². The number of rotatable bonds is 6. The van der Waals surface area contributed by atoms with Crippen molar-refractivity contribution in [1.29, 1.82) is 0 Å². The van der Waals surface area contributed by atoms with Gasteiger partial charge in [0.2, 0.25) is 11.0 Å². The Morgan fingerprint density at radius 1 is 1.52 bits per heavy atom. The van der Waals surface area contributed by atoms with Crippen LogP contribution in [0.15, 0.2) is 4.34 Å². The van der Waals surface area contributed by atoms with Crippen molar-refractivity contribution in [3.63, 3.8) is 0 Å². The highest BCUT2D eigenvalue weighted by molar-refractivity contribution is 8.01. The van der Waals surface area contributed by atoms with Crippen LogP contribution in [0.4, 0.5) is 18.3 Å². The molecule has 10 heteroatoms. The quantitative estimate of drug-likeness (QED) is 0.805. The van der Waals surface area contributed by atoms with Gasteiger partial charge in [-0.1, -0.05) is 23.1 Å². The summed E-state index contributed by atoms with van der Waals surface area (Å²) in [6, 6.07) is -0.390. The molecule has 1 heterocycles. The fraction of sp³-hybridized carbons (Fsp3) is 0.727. The maximum Gasteiger partial charge on any atom is 0.406 e. The number of anilines is 1. The predicted octanol–water partition coefficient (Wildman–Crippen LogP) is 2.40. The van der Waals surface area contributed by atoms with Crippen molar-refractivity contribution in [2.24, 2.45) is 5.92 Å². The van der Waals surface area contributed by atoms with Crippen molar-refractivity contribution in [2.45, 2.75) is 36.3 Å². The Balaban J connectivity index is 1.96. The lowest BCUT2D eigenvalue weighted by Crippen LogP contribution is -2.46. The second-order valence-corrected chi connectivity index (χ2v) is 7.14. The zero-order valence-corrected chi connectivity index (χ0v) is 12.9. The first kappa shape index (κ1) is 16.3. The molecule has 1 fully saturated rings. The number of hydrogen-bond acceptors (Lipinski definition) is 6. The van der Waals surface area contributed by atoms with E-state index in [4.69, 9.17) is 5.73 Å². The second kappa shape index (κ2) is 6.39. The lowest BCUT2D eigenvalue weighted by molar-refractivity contribution is -0.164. The van der Waals surface area contributed by atoms with E-state index in [1.165, 1.54) is 0 Å². The number of halogens is 3. The van der Waals surface area contributed by atoms with E-state index in [-0.39, 0.29) is 22.8 Å². The summed E-state index contributed by atoms with van der Waals surface area (Å²) in [6.07, 6.45) is -2.64. The van der Waals surface area contributed by atoms with Gasteiger partial charge in [-0.25, -0.2) is 0 Å². The lowest BCUT2D eigenvalue weighted by atomic mass is 10.2. The predicted molar refractivity (Wildman–Crippen MR) is 75.0 cm³/mol. The van der Waals surface area contributed by atoms with E-state index in [1.807, 2.05) is 0 Å². The molecule has 0 radical (unpaired) electrons. The molecule has 1 aliphatic carbocycles. The molecular weight excluding hydrogens is 325 g/mol. The zero-order chi connectivity index (χ0) is 15.6. The van der Waals surface area contributed by atoms with Crippen LogP contribution in [0.5, 0.6) is 0 Å². The Kier molecular flexibility index (Phi) is 4.97. The Morgan fingerprint density at radius 2 is 2.19 bits per heavy atom. The molecule has 21 heavy (non-hydrogen) atoms. The Morgan fingerprint density at radius 3 is 2.67 bits per heavy atom. The molecule has 0 spiro atoms. The van der Waals surface area contributed by atoms with Gasteiger partial charge in [-0.3, -0.25) is 4.79 Å². The standard InChI is InChI=1S/C11H15F3N4OS2/c1-6(7-2-3-7)18(5-11(12,13)14)8(19)4-20-10-17-16-9(15)21-10/h6-7H,2-5H2,1H3,(H2,15,16)/t6-/m1/s1. The molecule has 1 aliphatic rings. The molecule has 0 aliphatic heterocycles. The molecule has 0 aromatic carbocycles. The molecule has 2 N–H and O–H groups in total. The fourth-order valence-electron chi connectivity index (χ4n) is 1.97. The highest BCUT2D eigenvalue weighted by atomic mass is 32.2. The maximum atomic E-state index is 12.6. The number of nitrogen functional groups attached to an aromatic ring is 1. The summed E-state index contributed by atoms with van der Waals surface area (Å²) < 4.78 is 38.4. The first-order valence-electron chi connectivity index (χ1n) is 6.34. The van der Waals surface area contributed by atoms with E-state index in [0.717, 1.165) is 40.8 Å². The van der Waals surface area contributed by atoms with Crippen molar-refractivity contribution in [1.82, 2.24) is 15.1 Å². The van der Waals surface area contributed by atoms with Gasteiger partial charge in [0.05, 0.1) is 5.75 Å². The molecule has 118 valence electrons. The largest absolute Gasteiger partial charge is 0.406 e. The number of nitrogens with two attached hydrogens (primary N) is 1. The number of thioether (sulfide) groups is 1. The average molecular weight is 340 g/mol. The van der Waals surface area contributed by atoms with E-state index in [2.05, 4.69) is 10.2 Å². The second-order valence-electron chi connectivity index (χ2n) is 4.91. The van der Waals surface area contributed by atoms with E-state index in [1.54, 1.807) is 6.92 Å². The van der Waals surface area contributed by atoms with Crippen molar-refractivity contribution in [3.8, 4) is 0 Å². The number of carbonyl (C=O) groups is 1. The van der Waals surface area contributed by atoms with Crippen LogP contribution in [0.2, 0.25) is 0 Å². The van der Waals surface area contributed by atoms with Gasteiger partial charge in [0, 0.05) is 6.04 Å². The first-order chi connectivity index (χ1) is 9.76. The summed E-state index contributed by atoms with van der Waals surface area (Å²) >= 11 is 2.17. The monoisotopic (exact) mass is 340 g/mol. The number of amides is 1. The zero-order valence-electron chi connectivity index (χ0n) is 11.3. The van der Waals surface area contributed by atoms with Crippen LogP contribution in [-0.4, -0.2) is 45.5 Å². The third-order valence-electron chi connectivity index (χ3n) is 3.21. The van der Waals surface area contributed by atoms with E-state index in [9.17, 15) is 18.0 Å². The van der Waals surface area contributed by atoms with Gasteiger partial charge in [-0.2, -0.15) is 13.2 Å². The molecular formula is C11H15F3N4OS2. The third kappa shape index (κ3) is 5.03. The van der Waals surface area contributed by atoms with Gasteiger partial charge in [0.25, 0.3) is 0 Å². The molecule has 2 rings (SSSR count). The van der Waals surface area contributed by atoms with Gasteiger partial charge >= 0.3 is 6.18 Å². The van der Waals surface area contributed by atoms with E-state index >= 15 is 0 Å². The minimum Gasteiger partial charge on any atom is -0.374 e. The summed E-state index contributed by atoms with van der Waals surface area (Å²) in [4.78, 5) is 13.0. The first-order valence-corrected chi connectivity index (χ1v) is 8.14. The SMILES string of the molecule is C[C@H](C1CC1)N(CC(F)(F)F)C(=O)CSc1nnc(N)s1. The van der Waals surface area contributed by atoms with Crippen molar-refractivity contribution in [2.75, 3.05) is 18.0 Å². The summed E-state index contributed by atoms with van der Waals surface area (Å²) in [5, 5.41) is 7.59. The highest BCUT2D eigenvalue weighted by Gasteiger charge is 2.40. The van der Waals surface area contributed by atoms with Crippen molar-refractivity contribution < 1.29 is 18.0 Å². The van der Waals surface area contributed by atoms with E-state index in [0.29, 0.717) is 4.34 Å². The molecule has 1 amide bonds. The van der Waals surface area contributed by atoms with Crippen LogP contribution in [0.25, 0.3) is 0 Å². The van der Waals surface area contributed by atoms with Crippen LogP contribution >= 0.6 is 23.1 Å².